The van der Waals surface area contributed by atoms with Gasteiger partial charge in [0.15, 0.2) is 0 Å². The van der Waals surface area contributed by atoms with Crippen molar-refractivity contribution in [2.24, 2.45) is 5.73 Å². The number of carboxylic acids is 2. The van der Waals surface area contributed by atoms with Crippen molar-refractivity contribution in [2.45, 2.75) is 30.0 Å². The molecule has 6 N–H and O–H groups in total. The molecule has 0 saturated heterocycles. The predicted molar refractivity (Wildman–Crippen MR) is 99.0 cm³/mol. The van der Waals surface area contributed by atoms with Crippen LogP contribution in [0.15, 0.2) is 23.4 Å². The van der Waals surface area contributed by atoms with E-state index in [0.29, 0.717) is 5.03 Å². The number of thioether (sulfide) groups is 1. The van der Waals surface area contributed by atoms with Crippen LogP contribution < -0.4 is 16.4 Å². The summed E-state index contributed by atoms with van der Waals surface area (Å²) in [4.78, 5) is 59.3. The number of nitrogens with zero attached hydrogens (tertiary/aromatic N) is 2. The highest BCUT2D eigenvalue weighted by Crippen LogP contribution is 2.19. The summed E-state index contributed by atoms with van der Waals surface area (Å²) in [6.45, 7) is -0.657. The summed E-state index contributed by atoms with van der Waals surface area (Å²) in [7, 11) is 0. The highest BCUT2D eigenvalue weighted by atomic mass is 32.2. The maximum absolute atomic E-state index is 12.2. The van der Waals surface area contributed by atoms with Crippen LogP contribution in [-0.2, 0) is 19.2 Å². The molecule has 13 nitrogen and oxygen atoms in total. The van der Waals surface area contributed by atoms with Crippen LogP contribution in [0.1, 0.15) is 12.8 Å². The second kappa shape index (κ2) is 11.6. The lowest BCUT2D eigenvalue weighted by Gasteiger charge is -2.18. The molecule has 0 spiro atoms. The highest BCUT2D eigenvalue weighted by molar-refractivity contribution is 7.99. The first-order valence-corrected chi connectivity index (χ1v) is 9.09. The first-order chi connectivity index (χ1) is 13.6. The highest BCUT2D eigenvalue weighted by Gasteiger charge is 2.23. The van der Waals surface area contributed by atoms with Crippen LogP contribution in [0.5, 0.6) is 0 Å². The van der Waals surface area contributed by atoms with Gasteiger partial charge in [-0.1, -0.05) is 0 Å². The molecule has 0 aliphatic rings. The van der Waals surface area contributed by atoms with Crippen molar-refractivity contribution in [1.82, 2.24) is 15.6 Å². The molecule has 0 fully saturated rings. The standard InChI is InChI=1S/C15H19N5O8S/c16-9(15(25)26)2-3-11(21)19-10(14(24)18-6-13(22)23)7-29-12-4-1-8(5-17-12)20(27)28/h1,4-5,9-10H,2-3,6-7,16H2,(H,18,24)(H,19,21)(H,22,23)(H,25,26). The second-order valence-corrected chi connectivity index (χ2v) is 6.68. The first kappa shape index (κ1) is 23.8. The number of carbonyl (C=O) groups excluding carboxylic acids is 2. The molecule has 2 unspecified atom stereocenters. The van der Waals surface area contributed by atoms with E-state index >= 15 is 0 Å². The molecule has 0 aliphatic heterocycles. The van der Waals surface area contributed by atoms with Crippen LogP contribution in [0.3, 0.4) is 0 Å². The second-order valence-electron chi connectivity index (χ2n) is 5.64. The molecule has 1 heterocycles. The SMILES string of the molecule is NC(CCC(=O)NC(CSc1ccc([N+](=O)[O-])cn1)C(=O)NCC(=O)O)C(=O)O. The van der Waals surface area contributed by atoms with Gasteiger partial charge in [-0.2, -0.15) is 0 Å². The number of hydrogen-bond acceptors (Lipinski definition) is 9. The number of rotatable bonds is 12. The van der Waals surface area contributed by atoms with Gasteiger partial charge in [-0.3, -0.25) is 29.3 Å². The molecule has 158 valence electrons. The van der Waals surface area contributed by atoms with Crippen molar-refractivity contribution in [2.75, 3.05) is 12.3 Å². The van der Waals surface area contributed by atoms with Crippen LogP contribution in [0.2, 0.25) is 0 Å². The van der Waals surface area contributed by atoms with E-state index in [1.807, 2.05) is 0 Å². The van der Waals surface area contributed by atoms with Gasteiger partial charge in [0.2, 0.25) is 11.8 Å². The van der Waals surface area contributed by atoms with Crippen molar-refractivity contribution in [3.63, 3.8) is 0 Å². The van der Waals surface area contributed by atoms with Gasteiger partial charge in [-0.05, 0) is 12.5 Å². The van der Waals surface area contributed by atoms with E-state index in [1.165, 1.54) is 12.1 Å². The van der Waals surface area contributed by atoms with Gasteiger partial charge >= 0.3 is 11.9 Å². The molecule has 1 aromatic heterocycles. The number of hydrogen-bond donors (Lipinski definition) is 5. The number of aromatic nitrogens is 1. The molecule has 0 radical (unpaired) electrons. The fourth-order valence-corrected chi connectivity index (χ4v) is 2.74. The first-order valence-electron chi connectivity index (χ1n) is 8.10. The number of carbonyl (C=O) groups is 4. The number of nitrogens with one attached hydrogen (secondary N) is 2. The summed E-state index contributed by atoms with van der Waals surface area (Å²) in [5, 5.41) is 32.9. The zero-order chi connectivity index (χ0) is 22.0. The third-order valence-electron chi connectivity index (χ3n) is 3.39. The van der Waals surface area contributed by atoms with E-state index in [9.17, 15) is 29.3 Å². The Morgan fingerprint density at radius 2 is 1.97 bits per heavy atom. The van der Waals surface area contributed by atoms with Crippen LogP contribution in [0.25, 0.3) is 0 Å². The number of aliphatic carboxylic acids is 2. The van der Waals surface area contributed by atoms with Gasteiger partial charge in [0.25, 0.3) is 5.69 Å². The smallest absolute Gasteiger partial charge is 0.322 e. The van der Waals surface area contributed by atoms with Gasteiger partial charge in [0, 0.05) is 18.2 Å². The molecular formula is C15H19N5O8S. The van der Waals surface area contributed by atoms with Gasteiger partial charge in [0.1, 0.15) is 24.8 Å². The third-order valence-corrected chi connectivity index (χ3v) is 4.43. The summed E-state index contributed by atoms with van der Waals surface area (Å²) < 4.78 is 0. The lowest BCUT2D eigenvalue weighted by molar-refractivity contribution is -0.385. The van der Waals surface area contributed by atoms with Crippen molar-refractivity contribution < 1.29 is 34.3 Å². The fraction of sp³-hybridized carbons (Fsp3) is 0.400. The van der Waals surface area contributed by atoms with E-state index in [1.54, 1.807) is 0 Å². The Bertz CT molecular complexity index is 772. The molecule has 14 heteroatoms. The minimum Gasteiger partial charge on any atom is -0.480 e. The summed E-state index contributed by atoms with van der Waals surface area (Å²) >= 11 is 1.01. The van der Waals surface area contributed by atoms with Gasteiger partial charge in [-0.25, -0.2) is 4.98 Å². The largest absolute Gasteiger partial charge is 0.480 e. The summed E-state index contributed by atoms with van der Waals surface area (Å²) in [6, 6.07) is 0.201. The minimum absolute atomic E-state index is 0.0486. The number of carboxylic acid groups (broad SMARTS) is 2. The Morgan fingerprint density at radius 1 is 1.28 bits per heavy atom. The summed E-state index contributed by atoms with van der Waals surface area (Å²) in [6.07, 6.45) is 0.631. The van der Waals surface area contributed by atoms with Crippen LogP contribution in [-0.4, -0.2) is 68.3 Å². The number of amides is 2. The van der Waals surface area contributed by atoms with Crippen LogP contribution >= 0.6 is 11.8 Å². The van der Waals surface area contributed by atoms with Crippen molar-refractivity contribution in [1.29, 1.82) is 0 Å². The van der Waals surface area contributed by atoms with E-state index in [-0.39, 0.29) is 24.3 Å². The maximum Gasteiger partial charge on any atom is 0.322 e. The Balaban J connectivity index is 2.72. The Morgan fingerprint density at radius 3 is 2.48 bits per heavy atom. The number of nitrogens with two attached hydrogens (primary N) is 1. The molecular weight excluding hydrogens is 410 g/mol. The fourth-order valence-electron chi connectivity index (χ4n) is 1.88. The summed E-state index contributed by atoms with van der Waals surface area (Å²) in [5.41, 5.74) is 5.11. The minimum atomic E-state index is -1.28. The predicted octanol–water partition coefficient (Wildman–Crippen LogP) is -1.04. The molecule has 2 amide bonds. The Labute approximate surface area is 168 Å². The molecule has 1 aromatic rings. The lowest BCUT2D eigenvalue weighted by Crippen LogP contribution is -2.49. The lowest BCUT2D eigenvalue weighted by atomic mass is 10.1. The summed E-state index contributed by atoms with van der Waals surface area (Å²) in [5.74, 6) is -4.01. The Hall–Kier alpha value is -3.26. The molecule has 1 rings (SSSR count). The molecule has 0 aliphatic carbocycles. The topological polar surface area (TPSA) is 215 Å². The molecule has 0 saturated carbocycles. The number of pyridine rings is 1. The van der Waals surface area contributed by atoms with E-state index in [4.69, 9.17) is 15.9 Å². The number of nitro groups is 1. The van der Waals surface area contributed by atoms with Crippen molar-refractivity contribution >= 4 is 41.2 Å². The zero-order valence-electron chi connectivity index (χ0n) is 14.9. The van der Waals surface area contributed by atoms with Crippen LogP contribution in [0.4, 0.5) is 5.69 Å². The van der Waals surface area contributed by atoms with Gasteiger partial charge in [-0.15, -0.1) is 11.8 Å². The van der Waals surface area contributed by atoms with E-state index < -0.39 is 47.3 Å². The third kappa shape index (κ3) is 8.98. The van der Waals surface area contributed by atoms with E-state index in [2.05, 4.69) is 15.6 Å². The molecule has 0 aromatic carbocycles. The Kier molecular flexibility index (Phi) is 9.47. The van der Waals surface area contributed by atoms with Crippen molar-refractivity contribution in [3.8, 4) is 0 Å². The van der Waals surface area contributed by atoms with E-state index in [0.717, 1.165) is 18.0 Å². The average molecular weight is 429 g/mol. The maximum atomic E-state index is 12.2. The normalized spacial score (nSPS) is 12.4. The van der Waals surface area contributed by atoms with Crippen molar-refractivity contribution in [3.05, 3.63) is 28.4 Å². The quantitative estimate of drug-likeness (QED) is 0.154. The molecule has 2 atom stereocenters. The average Bonchev–Trinajstić information content (AvgIpc) is 2.67. The molecule has 0 bridgehead atoms. The van der Waals surface area contributed by atoms with Gasteiger partial charge in [0.05, 0.1) is 9.95 Å². The van der Waals surface area contributed by atoms with Crippen LogP contribution in [0, 0.1) is 10.1 Å². The molecule has 29 heavy (non-hydrogen) atoms. The van der Waals surface area contributed by atoms with Gasteiger partial charge < -0.3 is 26.6 Å². The monoisotopic (exact) mass is 429 g/mol. The zero-order valence-corrected chi connectivity index (χ0v) is 15.8.